The molecule has 0 saturated heterocycles. The van der Waals surface area contributed by atoms with Crippen molar-refractivity contribution in [3.8, 4) is 0 Å². The molecule has 2 atom stereocenters. The van der Waals surface area contributed by atoms with Gasteiger partial charge in [-0.2, -0.15) is 0 Å². The minimum Gasteiger partial charge on any atom is -0.300 e. The Morgan fingerprint density at radius 1 is 1.58 bits per heavy atom. The van der Waals surface area contributed by atoms with E-state index in [2.05, 4.69) is 20.8 Å². The zero-order valence-corrected chi connectivity index (χ0v) is 8.52. The molecular formula is C11H20O. The minimum atomic E-state index is 0.310. The van der Waals surface area contributed by atoms with Gasteiger partial charge in [0.15, 0.2) is 0 Å². The molecular weight excluding hydrogens is 148 g/mol. The van der Waals surface area contributed by atoms with Gasteiger partial charge in [0, 0.05) is 12.8 Å². The monoisotopic (exact) mass is 168 g/mol. The van der Waals surface area contributed by atoms with Gasteiger partial charge in [0.2, 0.25) is 0 Å². The Kier molecular flexibility index (Phi) is 2.92. The molecule has 1 aliphatic rings. The summed E-state index contributed by atoms with van der Waals surface area (Å²) >= 11 is 0. The molecule has 70 valence electrons. The molecule has 1 saturated carbocycles. The predicted molar refractivity (Wildman–Crippen MR) is 51.0 cm³/mol. The molecule has 12 heavy (non-hydrogen) atoms. The summed E-state index contributed by atoms with van der Waals surface area (Å²) in [4.78, 5) is 11.3. The van der Waals surface area contributed by atoms with Crippen LogP contribution in [0, 0.1) is 11.3 Å². The van der Waals surface area contributed by atoms with Gasteiger partial charge >= 0.3 is 0 Å². The second-order valence-corrected chi connectivity index (χ2v) is 4.53. The molecule has 0 spiro atoms. The van der Waals surface area contributed by atoms with Crippen LogP contribution in [0.15, 0.2) is 0 Å². The summed E-state index contributed by atoms with van der Waals surface area (Å²) in [6.45, 7) is 6.77. The third-order valence-electron chi connectivity index (χ3n) is 3.61. The highest BCUT2D eigenvalue weighted by molar-refractivity contribution is 5.79. The summed E-state index contributed by atoms with van der Waals surface area (Å²) in [5.41, 5.74) is 0.310. The van der Waals surface area contributed by atoms with E-state index < -0.39 is 0 Å². The fourth-order valence-corrected chi connectivity index (χ4v) is 2.23. The molecule has 1 rings (SSSR count). The van der Waals surface area contributed by atoms with Crippen molar-refractivity contribution >= 4 is 5.78 Å². The van der Waals surface area contributed by atoms with E-state index in [1.807, 2.05) is 0 Å². The van der Waals surface area contributed by atoms with Gasteiger partial charge in [0.25, 0.3) is 0 Å². The number of Topliss-reactive ketones (excluding diaryl/α,β-unsaturated/α-hetero) is 1. The molecule has 0 bridgehead atoms. The summed E-state index contributed by atoms with van der Waals surface area (Å²) in [6.07, 6.45) is 5.20. The summed E-state index contributed by atoms with van der Waals surface area (Å²) < 4.78 is 0. The smallest absolute Gasteiger partial charge is 0.133 e. The van der Waals surface area contributed by atoms with Crippen molar-refractivity contribution < 1.29 is 4.79 Å². The van der Waals surface area contributed by atoms with Gasteiger partial charge in [0.1, 0.15) is 5.78 Å². The highest BCUT2D eigenvalue weighted by atomic mass is 16.1. The lowest BCUT2D eigenvalue weighted by Crippen LogP contribution is -2.31. The van der Waals surface area contributed by atoms with Crippen molar-refractivity contribution in [2.24, 2.45) is 11.3 Å². The molecule has 1 fully saturated rings. The lowest BCUT2D eigenvalue weighted by Gasteiger charge is -2.37. The zero-order valence-electron chi connectivity index (χ0n) is 8.52. The first kappa shape index (κ1) is 9.76. The van der Waals surface area contributed by atoms with Crippen LogP contribution in [0.2, 0.25) is 0 Å². The van der Waals surface area contributed by atoms with Crippen molar-refractivity contribution in [3.05, 3.63) is 0 Å². The quantitative estimate of drug-likeness (QED) is 0.619. The number of carbonyl (C=O) groups is 1. The zero-order chi connectivity index (χ0) is 9.19. The van der Waals surface area contributed by atoms with Crippen LogP contribution in [0.5, 0.6) is 0 Å². The van der Waals surface area contributed by atoms with E-state index in [-0.39, 0.29) is 0 Å². The number of hydrogen-bond donors (Lipinski definition) is 0. The Balaban J connectivity index is 2.62. The number of ketones is 1. The molecule has 0 amide bonds. The standard InChI is InChI=1S/C11H20O/c1-4-9(2)11(3)7-5-6-10(12)8-11/h9H,4-8H2,1-3H3. The molecule has 0 N–H and O–H groups in total. The van der Waals surface area contributed by atoms with E-state index in [0.29, 0.717) is 17.1 Å². The average Bonchev–Trinajstić information content (AvgIpc) is 2.02. The summed E-state index contributed by atoms with van der Waals surface area (Å²) in [5.74, 6) is 1.17. The molecule has 0 aromatic heterocycles. The van der Waals surface area contributed by atoms with E-state index in [1.54, 1.807) is 0 Å². The highest BCUT2D eigenvalue weighted by Gasteiger charge is 2.34. The van der Waals surface area contributed by atoms with Gasteiger partial charge in [-0.15, -0.1) is 0 Å². The fourth-order valence-electron chi connectivity index (χ4n) is 2.23. The van der Waals surface area contributed by atoms with E-state index in [0.717, 1.165) is 19.3 Å². The topological polar surface area (TPSA) is 17.1 Å². The maximum Gasteiger partial charge on any atom is 0.133 e. The fraction of sp³-hybridized carbons (Fsp3) is 0.909. The average molecular weight is 168 g/mol. The number of rotatable bonds is 2. The summed E-state index contributed by atoms with van der Waals surface area (Å²) in [7, 11) is 0. The van der Waals surface area contributed by atoms with Gasteiger partial charge in [-0.05, 0) is 24.2 Å². The van der Waals surface area contributed by atoms with Crippen molar-refractivity contribution in [2.75, 3.05) is 0 Å². The Labute approximate surface area is 75.5 Å². The Bertz CT molecular complexity index is 174. The van der Waals surface area contributed by atoms with Gasteiger partial charge in [-0.25, -0.2) is 0 Å². The van der Waals surface area contributed by atoms with Gasteiger partial charge in [-0.3, -0.25) is 4.79 Å². The van der Waals surface area contributed by atoms with Gasteiger partial charge < -0.3 is 0 Å². The lowest BCUT2D eigenvalue weighted by molar-refractivity contribution is -0.124. The Hall–Kier alpha value is -0.330. The summed E-state index contributed by atoms with van der Waals surface area (Å²) in [5, 5.41) is 0. The van der Waals surface area contributed by atoms with Crippen LogP contribution >= 0.6 is 0 Å². The second-order valence-electron chi connectivity index (χ2n) is 4.53. The first-order valence-electron chi connectivity index (χ1n) is 5.10. The molecule has 2 unspecified atom stereocenters. The molecule has 0 heterocycles. The molecule has 0 aromatic carbocycles. The molecule has 0 aromatic rings. The molecule has 0 radical (unpaired) electrons. The normalized spacial score (nSPS) is 33.4. The van der Waals surface area contributed by atoms with Crippen LogP contribution in [0.1, 0.15) is 52.9 Å². The van der Waals surface area contributed by atoms with Gasteiger partial charge in [0.05, 0.1) is 0 Å². The third-order valence-corrected chi connectivity index (χ3v) is 3.61. The third kappa shape index (κ3) is 1.88. The van der Waals surface area contributed by atoms with Crippen LogP contribution < -0.4 is 0 Å². The molecule has 1 aliphatic carbocycles. The van der Waals surface area contributed by atoms with E-state index in [4.69, 9.17) is 0 Å². The SMILES string of the molecule is CCC(C)C1(C)CCCC(=O)C1. The lowest BCUT2D eigenvalue weighted by atomic mass is 9.67. The van der Waals surface area contributed by atoms with Crippen molar-refractivity contribution in [3.63, 3.8) is 0 Å². The van der Waals surface area contributed by atoms with Crippen LogP contribution in [0.3, 0.4) is 0 Å². The first-order valence-corrected chi connectivity index (χ1v) is 5.10. The van der Waals surface area contributed by atoms with E-state index >= 15 is 0 Å². The maximum absolute atomic E-state index is 11.3. The first-order chi connectivity index (χ1) is 5.58. The van der Waals surface area contributed by atoms with E-state index in [9.17, 15) is 4.79 Å². The maximum atomic E-state index is 11.3. The van der Waals surface area contributed by atoms with Crippen LogP contribution in [-0.2, 0) is 4.79 Å². The van der Waals surface area contributed by atoms with Gasteiger partial charge in [-0.1, -0.05) is 27.2 Å². The predicted octanol–water partition coefficient (Wildman–Crippen LogP) is 3.18. The van der Waals surface area contributed by atoms with E-state index in [1.165, 1.54) is 12.8 Å². The second kappa shape index (κ2) is 3.59. The Morgan fingerprint density at radius 3 is 2.75 bits per heavy atom. The molecule has 1 nitrogen and oxygen atoms in total. The van der Waals surface area contributed by atoms with Crippen LogP contribution in [0.25, 0.3) is 0 Å². The van der Waals surface area contributed by atoms with Crippen LogP contribution in [-0.4, -0.2) is 5.78 Å². The summed E-state index contributed by atoms with van der Waals surface area (Å²) in [6, 6.07) is 0. The highest BCUT2D eigenvalue weighted by Crippen LogP contribution is 2.41. The molecule has 0 aliphatic heterocycles. The van der Waals surface area contributed by atoms with Crippen LogP contribution in [0.4, 0.5) is 0 Å². The number of hydrogen-bond acceptors (Lipinski definition) is 1. The Morgan fingerprint density at radius 2 is 2.25 bits per heavy atom. The van der Waals surface area contributed by atoms with Crippen molar-refractivity contribution in [2.45, 2.75) is 52.9 Å². The minimum absolute atomic E-state index is 0.310. The van der Waals surface area contributed by atoms with Crippen molar-refractivity contribution in [1.29, 1.82) is 0 Å². The number of carbonyl (C=O) groups excluding carboxylic acids is 1. The largest absolute Gasteiger partial charge is 0.300 e. The molecule has 1 heteroatoms. The van der Waals surface area contributed by atoms with Crippen molar-refractivity contribution in [1.82, 2.24) is 0 Å².